The van der Waals surface area contributed by atoms with Crippen LogP contribution in [0.25, 0.3) is 0 Å². The molecule has 0 aromatic carbocycles. The van der Waals surface area contributed by atoms with E-state index in [4.69, 9.17) is 12.6 Å². The molecule has 3 atom stereocenters. The molecule has 0 spiro atoms. The second-order valence-electron chi connectivity index (χ2n) is 6.06. The highest BCUT2D eigenvalue weighted by atomic mass is 32.1. The Labute approximate surface area is 92.7 Å². The van der Waals surface area contributed by atoms with Crippen LogP contribution in [0, 0.1) is 16.7 Å². The van der Waals surface area contributed by atoms with Crippen molar-refractivity contribution >= 4 is 12.6 Å². The van der Waals surface area contributed by atoms with E-state index in [1.165, 1.54) is 19.3 Å². The molecular weight excluding hydrogens is 192 g/mol. The van der Waals surface area contributed by atoms with Crippen molar-refractivity contribution in [3.05, 3.63) is 0 Å². The van der Waals surface area contributed by atoms with E-state index in [0.29, 0.717) is 5.41 Å². The summed E-state index contributed by atoms with van der Waals surface area (Å²) in [6.45, 7) is 7.31. The lowest BCUT2D eigenvalue weighted by atomic mass is 9.62. The fourth-order valence-corrected chi connectivity index (χ4v) is 4.62. The quantitative estimate of drug-likeness (QED) is 0.677. The molecular formula is C12H22OS. The molecule has 2 aliphatic carbocycles. The Bertz CT molecular complexity index is 244. The van der Waals surface area contributed by atoms with Crippen molar-refractivity contribution in [1.82, 2.24) is 0 Å². The second-order valence-corrected chi connectivity index (χ2v) is 6.82. The van der Waals surface area contributed by atoms with E-state index in [-0.39, 0.29) is 16.8 Å². The molecule has 2 fully saturated rings. The molecule has 3 unspecified atom stereocenters. The number of aliphatic hydroxyl groups is 1. The summed E-state index contributed by atoms with van der Waals surface area (Å²) in [5.41, 5.74) is 0.638. The van der Waals surface area contributed by atoms with E-state index >= 15 is 0 Å². The van der Waals surface area contributed by atoms with Crippen molar-refractivity contribution in [1.29, 1.82) is 0 Å². The Balaban J connectivity index is 2.38. The zero-order valence-corrected chi connectivity index (χ0v) is 10.4. The standard InChI is InChI=1S/C12H22OS/c1-10(2)9-4-5-11(3,8-9)12(10,14)6-7-13/h9,13-14H,4-8H2,1-3H3. The highest BCUT2D eigenvalue weighted by Crippen LogP contribution is 2.71. The van der Waals surface area contributed by atoms with Gasteiger partial charge in [-0.2, -0.15) is 12.6 Å². The maximum Gasteiger partial charge on any atom is 0.0444 e. The van der Waals surface area contributed by atoms with Crippen LogP contribution in [0.2, 0.25) is 0 Å². The molecule has 0 aliphatic heterocycles. The van der Waals surface area contributed by atoms with Crippen LogP contribution in [0.1, 0.15) is 46.5 Å². The highest BCUT2D eigenvalue weighted by molar-refractivity contribution is 7.82. The molecule has 0 aromatic heterocycles. The predicted molar refractivity (Wildman–Crippen MR) is 62.6 cm³/mol. The number of hydrogen-bond acceptors (Lipinski definition) is 2. The third-order valence-electron chi connectivity index (χ3n) is 5.30. The molecule has 1 N–H and O–H groups in total. The summed E-state index contributed by atoms with van der Waals surface area (Å²) >= 11 is 4.97. The zero-order chi connectivity index (χ0) is 10.6. The first kappa shape index (κ1) is 10.8. The molecule has 0 radical (unpaired) electrons. The zero-order valence-electron chi connectivity index (χ0n) is 9.51. The molecule has 2 bridgehead atoms. The predicted octanol–water partition coefficient (Wildman–Crippen LogP) is 2.88. The maximum absolute atomic E-state index is 9.22. The Morgan fingerprint density at radius 2 is 2.00 bits per heavy atom. The topological polar surface area (TPSA) is 20.2 Å². The summed E-state index contributed by atoms with van der Waals surface area (Å²) in [6.07, 6.45) is 4.81. The summed E-state index contributed by atoms with van der Waals surface area (Å²) < 4.78 is 0.0394. The minimum absolute atomic E-state index is 0.0394. The van der Waals surface area contributed by atoms with Crippen LogP contribution in [0.5, 0.6) is 0 Å². The van der Waals surface area contributed by atoms with E-state index in [1.807, 2.05) is 0 Å². The fraction of sp³-hybridized carbons (Fsp3) is 1.00. The molecule has 0 amide bonds. The van der Waals surface area contributed by atoms with Crippen molar-refractivity contribution in [2.45, 2.75) is 51.2 Å². The van der Waals surface area contributed by atoms with Crippen LogP contribution in [0.3, 0.4) is 0 Å². The van der Waals surface area contributed by atoms with Gasteiger partial charge in [0.25, 0.3) is 0 Å². The van der Waals surface area contributed by atoms with Gasteiger partial charge in [-0.15, -0.1) is 0 Å². The molecule has 82 valence electrons. The first-order chi connectivity index (χ1) is 6.37. The van der Waals surface area contributed by atoms with Gasteiger partial charge in [0.1, 0.15) is 0 Å². The van der Waals surface area contributed by atoms with E-state index in [1.54, 1.807) is 0 Å². The Hall–Kier alpha value is 0.310. The number of thiol groups is 1. The molecule has 2 aliphatic rings. The molecule has 14 heavy (non-hydrogen) atoms. The summed E-state index contributed by atoms with van der Waals surface area (Å²) in [5.74, 6) is 0.816. The second kappa shape index (κ2) is 2.91. The monoisotopic (exact) mass is 214 g/mol. The van der Waals surface area contributed by atoms with Gasteiger partial charge < -0.3 is 5.11 Å². The smallest absolute Gasteiger partial charge is 0.0444 e. The molecule has 2 saturated carbocycles. The van der Waals surface area contributed by atoms with Gasteiger partial charge in [-0.25, -0.2) is 0 Å². The SMILES string of the molecule is CC12CCC(C1)C(C)(C)C2(S)CCO. The third-order valence-corrected chi connectivity index (χ3v) is 6.64. The number of fused-ring (bicyclic) bond motifs is 2. The molecule has 0 aromatic rings. The lowest BCUT2D eigenvalue weighted by molar-refractivity contribution is 0.0849. The first-order valence-electron chi connectivity index (χ1n) is 5.71. The fourth-order valence-electron chi connectivity index (χ4n) is 4.13. The van der Waals surface area contributed by atoms with Crippen molar-refractivity contribution in [3.63, 3.8) is 0 Å². The van der Waals surface area contributed by atoms with Gasteiger partial charge in [-0.05, 0) is 42.4 Å². The van der Waals surface area contributed by atoms with Gasteiger partial charge in [-0.3, -0.25) is 0 Å². The normalized spacial score (nSPS) is 49.9. The highest BCUT2D eigenvalue weighted by Gasteiger charge is 2.66. The average Bonchev–Trinajstić information content (AvgIpc) is 2.53. The molecule has 2 rings (SSSR count). The first-order valence-corrected chi connectivity index (χ1v) is 6.15. The Kier molecular flexibility index (Phi) is 2.25. The lowest BCUT2D eigenvalue weighted by Gasteiger charge is -2.51. The molecule has 1 nitrogen and oxygen atoms in total. The van der Waals surface area contributed by atoms with Crippen molar-refractivity contribution in [2.24, 2.45) is 16.7 Å². The van der Waals surface area contributed by atoms with Crippen LogP contribution < -0.4 is 0 Å². The van der Waals surface area contributed by atoms with Gasteiger partial charge in [0.05, 0.1) is 0 Å². The van der Waals surface area contributed by atoms with E-state index in [2.05, 4.69) is 20.8 Å². The molecule has 2 heteroatoms. The van der Waals surface area contributed by atoms with Crippen molar-refractivity contribution < 1.29 is 5.11 Å². The van der Waals surface area contributed by atoms with Crippen molar-refractivity contribution in [2.75, 3.05) is 6.61 Å². The van der Waals surface area contributed by atoms with Gasteiger partial charge in [-0.1, -0.05) is 20.8 Å². The summed E-state index contributed by atoms with van der Waals surface area (Å²) in [4.78, 5) is 0. The van der Waals surface area contributed by atoms with E-state index in [0.717, 1.165) is 12.3 Å². The largest absolute Gasteiger partial charge is 0.396 e. The lowest BCUT2D eigenvalue weighted by Crippen LogP contribution is -2.50. The van der Waals surface area contributed by atoms with Crippen LogP contribution in [-0.2, 0) is 0 Å². The summed E-state index contributed by atoms with van der Waals surface area (Å²) in [5, 5.41) is 9.22. The van der Waals surface area contributed by atoms with Crippen molar-refractivity contribution in [3.8, 4) is 0 Å². The van der Waals surface area contributed by atoms with E-state index < -0.39 is 0 Å². The van der Waals surface area contributed by atoms with Crippen LogP contribution >= 0.6 is 12.6 Å². The van der Waals surface area contributed by atoms with Gasteiger partial charge >= 0.3 is 0 Å². The molecule has 0 heterocycles. The number of rotatable bonds is 2. The van der Waals surface area contributed by atoms with Gasteiger partial charge in [0, 0.05) is 11.4 Å². The minimum Gasteiger partial charge on any atom is -0.396 e. The molecule has 0 saturated heterocycles. The minimum atomic E-state index is 0.0394. The van der Waals surface area contributed by atoms with Crippen LogP contribution in [0.4, 0.5) is 0 Å². The maximum atomic E-state index is 9.22. The van der Waals surface area contributed by atoms with Crippen LogP contribution in [-0.4, -0.2) is 16.5 Å². The van der Waals surface area contributed by atoms with Crippen LogP contribution in [0.15, 0.2) is 0 Å². The van der Waals surface area contributed by atoms with E-state index in [9.17, 15) is 5.11 Å². The van der Waals surface area contributed by atoms with Gasteiger partial charge in [0.15, 0.2) is 0 Å². The average molecular weight is 214 g/mol. The Morgan fingerprint density at radius 1 is 1.36 bits per heavy atom. The number of aliphatic hydroxyl groups excluding tert-OH is 1. The van der Waals surface area contributed by atoms with Gasteiger partial charge in [0.2, 0.25) is 0 Å². The Morgan fingerprint density at radius 3 is 2.43 bits per heavy atom. The summed E-state index contributed by atoms with van der Waals surface area (Å²) in [7, 11) is 0. The summed E-state index contributed by atoms with van der Waals surface area (Å²) in [6, 6.07) is 0. The number of hydrogen-bond donors (Lipinski definition) is 2. The third kappa shape index (κ3) is 1.02.